The summed E-state index contributed by atoms with van der Waals surface area (Å²) >= 11 is 0.891. The van der Waals surface area contributed by atoms with Crippen LogP contribution in [0.2, 0.25) is 0 Å². The highest BCUT2D eigenvalue weighted by Gasteiger charge is 2.33. The van der Waals surface area contributed by atoms with Crippen molar-refractivity contribution < 1.29 is 22.9 Å². The predicted octanol–water partition coefficient (Wildman–Crippen LogP) is 4.46. The van der Waals surface area contributed by atoms with Gasteiger partial charge in [-0.1, -0.05) is 12.1 Å². The lowest BCUT2D eigenvalue weighted by Gasteiger charge is -2.05. The number of carbonyl (C=O) groups is 1. The van der Waals surface area contributed by atoms with Gasteiger partial charge in [0.25, 0.3) is 11.6 Å². The Morgan fingerprint density at radius 3 is 2.48 bits per heavy atom. The van der Waals surface area contributed by atoms with Crippen molar-refractivity contribution in [3.63, 3.8) is 0 Å². The third kappa shape index (κ3) is 3.90. The third-order valence-electron chi connectivity index (χ3n) is 3.90. The first-order valence-electron chi connectivity index (χ1n) is 7.65. The zero-order chi connectivity index (χ0) is 19.8. The smallest absolute Gasteiger partial charge is 0.347 e. The number of aryl methyl sites for hydroxylation is 1. The van der Waals surface area contributed by atoms with Crippen LogP contribution in [0.1, 0.15) is 26.5 Å². The molecule has 140 valence electrons. The molecule has 10 heteroatoms. The van der Waals surface area contributed by atoms with Gasteiger partial charge < -0.3 is 5.32 Å². The average molecular weight is 395 g/mol. The molecule has 1 amide bonds. The molecule has 0 bridgehead atoms. The van der Waals surface area contributed by atoms with Crippen molar-refractivity contribution in [2.24, 2.45) is 0 Å². The Morgan fingerprint density at radius 1 is 1.22 bits per heavy atom. The van der Waals surface area contributed by atoms with Gasteiger partial charge >= 0.3 is 6.18 Å². The highest BCUT2D eigenvalue weighted by Crippen LogP contribution is 2.34. The van der Waals surface area contributed by atoms with Crippen LogP contribution in [-0.2, 0) is 12.7 Å². The summed E-state index contributed by atoms with van der Waals surface area (Å²) in [6.45, 7) is 1.78. The number of hydrogen-bond acceptors (Lipinski definition) is 5. The van der Waals surface area contributed by atoms with Crippen molar-refractivity contribution in [1.82, 2.24) is 10.3 Å². The number of pyridine rings is 1. The second-order valence-electron chi connectivity index (χ2n) is 5.71. The average Bonchev–Trinajstić information content (AvgIpc) is 2.95. The number of rotatable bonds is 4. The molecule has 1 N–H and O–H groups in total. The lowest BCUT2D eigenvalue weighted by molar-refractivity contribution is -0.384. The summed E-state index contributed by atoms with van der Waals surface area (Å²) in [4.78, 5) is 26.5. The maximum atomic E-state index is 12.8. The Hall–Kier alpha value is -3.01. The Labute approximate surface area is 154 Å². The summed E-state index contributed by atoms with van der Waals surface area (Å²) in [6, 6.07) is 7.90. The fourth-order valence-corrected chi connectivity index (χ4v) is 3.57. The summed E-state index contributed by atoms with van der Waals surface area (Å²) in [5.74, 6) is -0.442. The largest absolute Gasteiger partial charge is 0.433 e. The van der Waals surface area contributed by atoms with Crippen molar-refractivity contribution in [2.45, 2.75) is 19.6 Å². The van der Waals surface area contributed by atoms with E-state index in [1.807, 2.05) is 0 Å². The van der Waals surface area contributed by atoms with Crippen LogP contribution in [0.25, 0.3) is 10.2 Å². The molecule has 0 spiro atoms. The minimum absolute atomic E-state index is 0.0584. The Kier molecular flexibility index (Phi) is 4.83. The van der Waals surface area contributed by atoms with Crippen LogP contribution < -0.4 is 5.32 Å². The van der Waals surface area contributed by atoms with E-state index in [4.69, 9.17) is 0 Å². The van der Waals surface area contributed by atoms with Gasteiger partial charge in [-0.25, -0.2) is 4.98 Å². The van der Waals surface area contributed by atoms with Crippen molar-refractivity contribution in [3.05, 3.63) is 68.2 Å². The fraction of sp³-hybridized carbons (Fsp3) is 0.176. The van der Waals surface area contributed by atoms with E-state index in [2.05, 4.69) is 10.3 Å². The van der Waals surface area contributed by atoms with Gasteiger partial charge in [-0.3, -0.25) is 14.9 Å². The molecule has 3 rings (SSSR count). The number of aromatic nitrogens is 1. The van der Waals surface area contributed by atoms with Crippen LogP contribution in [0.4, 0.5) is 18.9 Å². The number of nitrogens with one attached hydrogen (secondary N) is 1. The SMILES string of the molecule is Cc1c(C(=O)NCc2ccc([N+](=O)[O-])cc2)sc2nc(C(F)(F)F)ccc12. The van der Waals surface area contributed by atoms with Crippen LogP contribution in [0, 0.1) is 17.0 Å². The minimum atomic E-state index is -4.55. The molecule has 2 aromatic heterocycles. The second kappa shape index (κ2) is 6.95. The number of fused-ring (bicyclic) bond motifs is 1. The predicted molar refractivity (Wildman–Crippen MR) is 93.6 cm³/mol. The number of amides is 1. The van der Waals surface area contributed by atoms with Gasteiger partial charge in [-0.15, -0.1) is 11.3 Å². The van der Waals surface area contributed by atoms with Gasteiger partial charge in [0.05, 0.1) is 9.80 Å². The van der Waals surface area contributed by atoms with Crippen LogP contribution in [0.5, 0.6) is 0 Å². The lowest BCUT2D eigenvalue weighted by atomic mass is 10.1. The van der Waals surface area contributed by atoms with Gasteiger partial charge in [-0.05, 0) is 30.2 Å². The molecule has 0 saturated heterocycles. The van der Waals surface area contributed by atoms with Crippen molar-refractivity contribution in [2.75, 3.05) is 0 Å². The number of non-ortho nitro benzene ring substituents is 1. The molecule has 0 unspecified atom stereocenters. The maximum Gasteiger partial charge on any atom is 0.433 e. The first-order valence-corrected chi connectivity index (χ1v) is 8.47. The van der Waals surface area contributed by atoms with E-state index in [1.165, 1.54) is 30.3 Å². The van der Waals surface area contributed by atoms with Gasteiger partial charge in [0.1, 0.15) is 10.5 Å². The molecule has 0 fully saturated rings. The number of nitro groups is 1. The molecule has 2 heterocycles. The number of nitro benzene ring substituents is 1. The summed E-state index contributed by atoms with van der Waals surface area (Å²) in [5, 5.41) is 13.8. The van der Waals surface area contributed by atoms with Crippen molar-refractivity contribution in [1.29, 1.82) is 0 Å². The van der Waals surface area contributed by atoms with Crippen LogP contribution in [-0.4, -0.2) is 15.8 Å². The van der Waals surface area contributed by atoms with Crippen LogP contribution in [0.15, 0.2) is 36.4 Å². The molecule has 3 aromatic rings. The zero-order valence-electron chi connectivity index (χ0n) is 13.8. The Bertz CT molecular complexity index is 1030. The molecular weight excluding hydrogens is 383 g/mol. The highest BCUT2D eigenvalue weighted by molar-refractivity contribution is 7.20. The highest BCUT2D eigenvalue weighted by atomic mass is 32.1. The normalized spacial score (nSPS) is 11.6. The Balaban J connectivity index is 1.79. The van der Waals surface area contributed by atoms with E-state index < -0.39 is 22.7 Å². The third-order valence-corrected chi connectivity index (χ3v) is 5.10. The van der Waals surface area contributed by atoms with Crippen LogP contribution >= 0.6 is 11.3 Å². The number of benzene rings is 1. The van der Waals surface area contributed by atoms with E-state index in [-0.39, 0.29) is 21.9 Å². The number of hydrogen-bond donors (Lipinski definition) is 1. The molecule has 27 heavy (non-hydrogen) atoms. The van der Waals surface area contributed by atoms with E-state index in [0.29, 0.717) is 16.5 Å². The molecular formula is C17H12F3N3O3S. The summed E-state index contributed by atoms with van der Waals surface area (Å²) < 4.78 is 38.4. The topological polar surface area (TPSA) is 85.1 Å². The zero-order valence-corrected chi connectivity index (χ0v) is 14.6. The molecule has 0 aliphatic rings. The van der Waals surface area contributed by atoms with Crippen molar-refractivity contribution in [3.8, 4) is 0 Å². The number of thiophene rings is 1. The first kappa shape index (κ1) is 18.8. The van der Waals surface area contributed by atoms with E-state index >= 15 is 0 Å². The van der Waals surface area contributed by atoms with Crippen molar-refractivity contribution >= 4 is 33.1 Å². The number of alkyl halides is 3. The summed E-state index contributed by atoms with van der Waals surface area (Å²) in [6.07, 6.45) is -4.55. The van der Waals surface area contributed by atoms with Gasteiger partial charge in [-0.2, -0.15) is 13.2 Å². The lowest BCUT2D eigenvalue weighted by Crippen LogP contribution is -2.22. The number of halogens is 3. The summed E-state index contributed by atoms with van der Waals surface area (Å²) in [5.41, 5.74) is 0.147. The minimum Gasteiger partial charge on any atom is -0.347 e. The standard InChI is InChI=1S/C17H12F3N3O3S/c1-9-12-6-7-13(17(18,19)20)22-16(12)27-14(9)15(24)21-8-10-2-4-11(5-3-10)23(25)26/h2-7H,8H2,1H3,(H,21,24). The van der Waals surface area contributed by atoms with Crippen LogP contribution in [0.3, 0.4) is 0 Å². The number of nitrogens with zero attached hydrogens (tertiary/aromatic N) is 2. The molecule has 0 aliphatic heterocycles. The molecule has 6 nitrogen and oxygen atoms in total. The second-order valence-corrected chi connectivity index (χ2v) is 6.71. The van der Waals surface area contributed by atoms with Gasteiger partial charge in [0.2, 0.25) is 0 Å². The van der Waals surface area contributed by atoms with Gasteiger partial charge in [0.15, 0.2) is 0 Å². The van der Waals surface area contributed by atoms with Gasteiger partial charge in [0, 0.05) is 24.1 Å². The quantitative estimate of drug-likeness (QED) is 0.522. The summed E-state index contributed by atoms with van der Waals surface area (Å²) in [7, 11) is 0. The van der Waals surface area contributed by atoms with E-state index in [0.717, 1.165) is 17.4 Å². The Morgan fingerprint density at radius 2 is 1.89 bits per heavy atom. The molecule has 0 atom stereocenters. The van der Waals surface area contributed by atoms with E-state index in [1.54, 1.807) is 6.92 Å². The monoisotopic (exact) mass is 395 g/mol. The molecule has 0 radical (unpaired) electrons. The maximum absolute atomic E-state index is 12.8. The first-order chi connectivity index (χ1) is 12.7. The van der Waals surface area contributed by atoms with E-state index in [9.17, 15) is 28.1 Å². The molecule has 1 aromatic carbocycles. The fourth-order valence-electron chi connectivity index (χ4n) is 2.47. The molecule has 0 aliphatic carbocycles. The number of carbonyl (C=O) groups excluding carboxylic acids is 1. The molecule has 0 saturated carbocycles.